The number of benzene rings is 2. The largest absolute Gasteiger partial charge is 0.507 e. The van der Waals surface area contributed by atoms with Gasteiger partial charge in [0.05, 0.1) is 37.5 Å². The molecule has 0 spiro atoms. The molecule has 2 aromatic carbocycles. The van der Waals surface area contributed by atoms with E-state index in [9.17, 15) is 9.90 Å². The predicted octanol–water partition coefficient (Wildman–Crippen LogP) is 4.96. The maximum absolute atomic E-state index is 13.6. The van der Waals surface area contributed by atoms with Crippen LogP contribution in [0.1, 0.15) is 28.5 Å². The number of halogens is 1. The van der Waals surface area contributed by atoms with Crippen molar-refractivity contribution in [2.75, 3.05) is 59.2 Å². The summed E-state index contributed by atoms with van der Waals surface area (Å²) in [6.07, 6.45) is 3.47. The summed E-state index contributed by atoms with van der Waals surface area (Å²) in [6.45, 7) is 7.73. The Morgan fingerprint density at radius 1 is 1.05 bits per heavy atom. The Bertz CT molecular complexity index is 1510. The molecule has 2 N–H and O–H groups in total. The molecular formula is C33H41ClN4O5S. The van der Waals surface area contributed by atoms with Crippen molar-refractivity contribution >= 4 is 41.0 Å². The maximum Gasteiger partial charge on any atom is 0.340 e. The molecule has 11 heteroatoms. The number of nitrogens with zero attached hydrogens (tertiary/aromatic N) is 4. The van der Waals surface area contributed by atoms with E-state index in [-0.39, 0.29) is 37.3 Å². The van der Waals surface area contributed by atoms with E-state index < -0.39 is 0 Å². The number of fused-ring (bicyclic) bond motifs is 1. The summed E-state index contributed by atoms with van der Waals surface area (Å²) in [5, 5.41) is 21.6. The quantitative estimate of drug-likeness (QED) is 0.119. The number of piperazine rings is 1. The first kappa shape index (κ1) is 33.8. The number of aromatic nitrogens is 2. The maximum atomic E-state index is 13.6. The predicted molar refractivity (Wildman–Crippen MR) is 177 cm³/mol. The minimum Gasteiger partial charge on any atom is -0.507 e. The first-order valence-electron chi connectivity index (χ1n) is 14.8. The standard InChI is InChI=1S/C33H40N4O5S.ClH/c1-3-42-33(40)31-29(23-43-25-9-5-4-6-10-25)35(2)28-20-26(24-8-7-11-34-21-24)32(39)27(30(28)31)22-37-14-12-36(13-15-37)16-18-41-19-17-38;/h4-11,20-21,38-39H,3,12-19,22-23H2,1-2H3;1H. The third-order valence-corrected chi connectivity index (χ3v) is 8.91. The fourth-order valence-electron chi connectivity index (χ4n) is 5.63. The highest BCUT2D eigenvalue weighted by atomic mass is 35.5. The molecule has 5 rings (SSSR count). The molecule has 4 aromatic rings. The van der Waals surface area contributed by atoms with Gasteiger partial charge in [-0.1, -0.05) is 24.3 Å². The summed E-state index contributed by atoms with van der Waals surface area (Å²) in [5.74, 6) is 0.362. The highest BCUT2D eigenvalue weighted by molar-refractivity contribution is 7.98. The second-order valence-corrected chi connectivity index (χ2v) is 11.6. The van der Waals surface area contributed by atoms with Crippen LogP contribution in [-0.4, -0.2) is 94.7 Å². The number of hydrogen-bond donors (Lipinski definition) is 2. The third-order valence-electron chi connectivity index (χ3n) is 7.89. The van der Waals surface area contributed by atoms with Crippen molar-refractivity contribution in [2.45, 2.75) is 24.1 Å². The molecule has 1 aliphatic rings. The van der Waals surface area contributed by atoms with Crippen LogP contribution < -0.4 is 0 Å². The summed E-state index contributed by atoms with van der Waals surface area (Å²) in [7, 11) is 1.98. The highest BCUT2D eigenvalue weighted by Crippen LogP contribution is 2.42. The van der Waals surface area contributed by atoms with Crippen LogP contribution in [-0.2, 0) is 28.8 Å². The Morgan fingerprint density at radius 3 is 2.48 bits per heavy atom. The zero-order valence-corrected chi connectivity index (χ0v) is 26.9. The van der Waals surface area contributed by atoms with Gasteiger partial charge in [0.1, 0.15) is 5.75 Å². The van der Waals surface area contributed by atoms with Crippen molar-refractivity contribution in [3.8, 4) is 16.9 Å². The van der Waals surface area contributed by atoms with Gasteiger partial charge in [0.15, 0.2) is 0 Å². The molecule has 0 atom stereocenters. The molecule has 0 saturated carbocycles. The average Bonchev–Trinajstić information content (AvgIpc) is 3.32. The van der Waals surface area contributed by atoms with Gasteiger partial charge in [-0.05, 0) is 31.2 Å². The number of aryl methyl sites for hydroxylation is 1. The van der Waals surface area contributed by atoms with Crippen molar-refractivity contribution in [3.05, 3.63) is 77.7 Å². The molecule has 44 heavy (non-hydrogen) atoms. The summed E-state index contributed by atoms with van der Waals surface area (Å²) >= 11 is 1.67. The Labute approximate surface area is 269 Å². The molecule has 3 heterocycles. The Balaban J connectivity index is 0.00000442. The minimum atomic E-state index is -0.376. The van der Waals surface area contributed by atoms with Crippen LogP contribution in [0.5, 0.6) is 5.75 Å². The van der Waals surface area contributed by atoms with Gasteiger partial charge < -0.3 is 24.3 Å². The van der Waals surface area contributed by atoms with Gasteiger partial charge in [-0.25, -0.2) is 4.79 Å². The molecule has 0 bridgehead atoms. The van der Waals surface area contributed by atoms with Gasteiger partial charge in [0, 0.05) is 97.1 Å². The number of aliphatic hydroxyl groups is 1. The molecule has 0 unspecified atom stereocenters. The number of ether oxygens (including phenoxy) is 2. The summed E-state index contributed by atoms with van der Waals surface area (Å²) in [5.41, 5.74) is 4.48. The summed E-state index contributed by atoms with van der Waals surface area (Å²) in [4.78, 5) is 23.7. The van der Waals surface area contributed by atoms with Crippen molar-refractivity contribution in [1.82, 2.24) is 19.4 Å². The Kier molecular flexibility index (Phi) is 12.5. The number of phenols is 1. The van der Waals surface area contributed by atoms with E-state index in [1.54, 1.807) is 24.2 Å². The normalized spacial score (nSPS) is 14.1. The molecule has 1 aliphatic heterocycles. The first-order valence-corrected chi connectivity index (χ1v) is 15.7. The van der Waals surface area contributed by atoms with Crippen LogP contribution in [0.2, 0.25) is 0 Å². The topological polar surface area (TPSA) is 100 Å². The fourth-order valence-corrected chi connectivity index (χ4v) is 6.62. The monoisotopic (exact) mass is 640 g/mol. The minimum absolute atomic E-state index is 0. The van der Waals surface area contributed by atoms with Gasteiger partial charge in [-0.15, -0.1) is 24.2 Å². The van der Waals surface area contributed by atoms with Crippen LogP contribution in [0.4, 0.5) is 0 Å². The molecule has 1 saturated heterocycles. The van der Waals surface area contributed by atoms with E-state index in [2.05, 4.69) is 31.5 Å². The Hall–Kier alpha value is -3.12. The van der Waals surface area contributed by atoms with E-state index >= 15 is 0 Å². The summed E-state index contributed by atoms with van der Waals surface area (Å²) < 4.78 is 13.1. The third kappa shape index (κ3) is 7.74. The number of aromatic hydroxyl groups is 1. The Morgan fingerprint density at radius 2 is 1.80 bits per heavy atom. The number of carbonyl (C=O) groups is 1. The van der Waals surface area contributed by atoms with Gasteiger partial charge in [0.25, 0.3) is 0 Å². The van der Waals surface area contributed by atoms with Crippen molar-refractivity contribution in [2.24, 2.45) is 7.05 Å². The number of hydrogen-bond acceptors (Lipinski definition) is 9. The number of thioether (sulfide) groups is 1. The average molecular weight is 641 g/mol. The van der Waals surface area contributed by atoms with E-state index in [1.165, 1.54) is 0 Å². The first-order chi connectivity index (χ1) is 21.0. The smallest absolute Gasteiger partial charge is 0.340 e. The fraction of sp³-hybridized carbons (Fsp3) is 0.394. The molecule has 0 aliphatic carbocycles. The number of esters is 1. The van der Waals surface area contributed by atoms with Crippen molar-refractivity contribution < 1.29 is 24.5 Å². The molecule has 0 radical (unpaired) electrons. The van der Waals surface area contributed by atoms with Crippen LogP contribution in [0.25, 0.3) is 22.0 Å². The molecule has 2 aromatic heterocycles. The lowest BCUT2D eigenvalue weighted by molar-refractivity contribution is 0.0527. The highest BCUT2D eigenvalue weighted by Gasteiger charge is 2.29. The lowest BCUT2D eigenvalue weighted by atomic mass is 9.96. The second kappa shape index (κ2) is 16.3. The molecule has 1 fully saturated rings. The molecule has 9 nitrogen and oxygen atoms in total. The van der Waals surface area contributed by atoms with E-state index in [4.69, 9.17) is 14.6 Å². The van der Waals surface area contributed by atoms with Crippen LogP contribution >= 0.6 is 24.2 Å². The second-order valence-electron chi connectivity index (χ2n) is 10.5. The number of rotatable bonds is 13. The van der Waals surface area contributed by atoms with Crippen LogP contribution in [0, 0.1) is 0 Å². The SMILES string of the molecule is CCOC(=O)c1c(CSc2ccccc2)n(C)c2cc(-c3cccnc3)c(O)c(CN3CCN(CCOCCO)CC3)c12.Cl. The lowest BCUT2D eigenvalue weighted by Gasteiger charge is -2.35. The van der Waals surface area contributed by atoms with Gasteiger partial charge in [0.2, 0.25) is 0 Å². The number of pyridine rings is 1. The molecular weight excluding hydrogens is 600 g/mol. The molecule has 0 amide bonds. The van der Waals surface area contributed by atoms with E-state index in [0.29, 0.717) is 36.6 Å². The van der Waals surface area contributed by atoms with Crippen molar-refractivity contribution in [1.29, 1.82) is 0 Å². The number of phenolic OH excluding ortho intramolecular Hbond substituents is 1. The van der Waals surface area contributed by atoms with E-state index in [1.807, 2.05) is 50.4 Å². The lowest BCUT2D eigenvalue weighted by Crippen LogP contribution is -2.46. The van der Waals surface area contributed by atoms with Crippen LogP contribution in [0.15, 0.2) is 65.8 Å². The summed E-state index contributed by atoms with van der Waals surface area (Å²) in [6, 6.07) is 15.9. The zero-order valence-electron chi connectivity index (χ0n) is 25.3. The van der Waals surface area contributed by atoms with E-state index in [0.717, 1.165) is 65.3 Å². The van der Waals surface area contributed by atoms with Crippen molar-refractivity contribution in [3.63, 3.8) is 0 Å². The van der Waals surface area contributed by atoms with Gasteiger partial charge in [-0.2, -0.15) is 0 Å². The zero-order chi connectivity index (χ0) is 30.2. The van der Waals surface area contributed by atoms with Gasteiger partial charge in [-0.3, -0.25) is 14.8 Å². The number of aliphatic hydroxyl groups excluding tert-OH is 1. The number of carbonyl (C=O) groups excluding carboxylic acids is 1. The van der Waals surface area contributed by atoms with Gasteiger partial charge >= 0.3 is 5.97 Å². The molecule has 236 valence electrons. The van der Waals surface area contributed by atoms with Crippen LogP contribution in [0.3, 0.4) is 0 Å².